The fraction of sp³-hybridized carbons (Fsp3) is 0.400. The third kappa shape index (κ3) is 6.66. The molecular weight excluding hydrogens is 476 g/mol. The fourth-order valence-corrected chi connectivity index (χ4v) is 4.22. The topological polar surface area (TPSA) is 89.9 Å². The molecule has 0 radical (unpaired) electrons. The van der Waals surface area contributed by atoms with Gasteiger partial charge in [0.25, 0.3) is 0 Å². The Labute approximate surface area is 196 Å². The molecule has 2 aromatic carbocycles. The van der Waals surface area contributed by atoms with Crippen molar-refractivity contribution in [1.82, 2.24) is 0 Å². The minimum atomic E-state index is -0.905. The van der Waals surface area contributed by atoms with Crippen molar-refractivity contribution in [3.05, 3.63) is 71.8 Å². The van der Waals surface area contributed by atoms with E-state index >= 15 is 0 Å². The van der Waals surface area contributed by atoms with Gasteiger partial charge in [-0.25, -0.2) is 0 Å². The van der Waals surface area contributed by atoms with Crippen LogP contribution in [0.1, 0.15) is 36.8 Å². The van der Waals surface area contributed by atoms with Gasteiger partial charge in [0.2, 0.25) is 0 Å². The van der Waals surface area contributed by atoms with Crippen LogP contribution >= 0.6 is 15.9 Å². The smallest absolute Gasteiger partial charge is 0.310 e. The van der Waals surface area contributed by atoms with E-state index in [0.29, 0.717) is 24.3 Å². The zero-order chi connectivity index (χ0) is 22.9. The fourth-order valence-electron chi connectivity index (χ4n) is 3.47. The first-order valence-corrected chi connectivity index (χ1v) is 11.6. The molecule has 1 unspecified atom stereocenters. The molecule has 170 valence electrons. The Bertz CT molecular complexity index is 901. The SMILES string of the molecule is O=C(OCc1ccccc1)[C@H]1CCC1Br.O=C(OCc1ccccc1)[C@H]1CC[C@H]1C(=O)O. The van der Waals surface area contributed by atoms with Gasteiger partial charge in [-0.3, -0.25) is 14.4 Å². The second-order valence-electron chi connectivity index (χ2n) is 8.02. The summed E-state index contributed by atoms with van der Waals surface area (Å²) < 4.78 is 10.3. The number of carboxylic acid groups (broad SMARTS) is 1. The number of carboxylic acids is 1. The lowest BCUT2D eigenvalue weighted by Crippen LogP contribution is -2.39. The molecule has 0 spiro atoms. The van der Waals surface area contributed by atoms with Gasteiger partial charge >= 0.3 is 17.9 Å². The lowest BCUT2D eigenvalue weighted by molar-refractivity contribution is -0.165. The van der Waals surface area contributed by atoms with Gasteiger partial charge < -0.3 is 14.6 Å². The molecule has 6 nitrogen and oxygen atoms in total. The molecule has 2 aliphatic carbocycles. The van der Waals surface area contributed by atoms with E-state index in [9.17, 15) is 14.4 Å². The Morgan fingerprint density at radius 3 is 1.50 bits per heavy atom. The summed E-state index contributed by atoms with van der Waals surface area (Å²) in [5.74, 6) is -2.33. The second-order valence-corrected chi connectivity index (χ2v) is 9.19. The molecule has 1 N–H and O–H groups in total. The number of carbonyl (C=O) groups is 3. The highest BCUT2D eigenvalue weighted by atomic mass is 79.9. The lowest BCUT2D eigenvalue weighted by atomic mass is 9.74. The van der Waals surface area contributed by atoms with E-state index < -0.39 is 23.8 Å². The summed E-state index contributed by atoms with van der Waals surface area (Å²) in [5.41, 5.74) is 1.95. The highest BCUT2D eigenvalue weighted by Crippen LogP contribution is 2.36. The molecule has 4 rings (SSSR count). The van der Waals surface area contributed by atoms with E-state index in [2.05, 4.69) is 15.9 Å². The van der Waals surface area contributed by atoms with Crippen LogP contribution < -0.4 is 0 Å². The van der Waals surface area contributed by atoms with E-state index in [1.807, 2.05) is 60.7 Å². The van der Waals surface area contributed by atoms with Gasteiger partial charge in [-0.2, -0.15) is 0 Å². The number of rotatable bonds is 7. The number of alkyl halides is 1. The molecule has 2 saturated carbocycles. The summed E-state index contributed by atoms with van der Waals surface area (Å²) in [7, 11) is 0. The average Bonchev–Trinajstić information content (AvgIpc) is 2.76. The van der Waals surface area contributed by atoms with Gasteiger partial charge in [0.1, 0.15) is 13.2 Å². The maximum absolute atomic E-state index is 11.6. The molecule has 2 fully saturated rings. The predicted octanol–water partition coefficient (Wildman–Crippen LogP) is 4.74. The van der Waals surface area contributed by atoms with E-state index in [-0.39, 0.29) is 18.5 Å². The quantitative estimate of drug-likeness (QED) is 0.434. The van der Waals surface area contributed by atoms with Gasteiger partial charge in [0.15, 0.2) is 0 Å². The minimum Gasteiger partial charge on any atom is -0.481 e. The lowest BCUT2D eigenvalue weighted by Gasteiger charge is -2.31. The number of benzene rings is 2. The highest BCUT2D eigenvalue weighted by Gasteiger charge is 2.42. The molecule has 4 atom stereocenters. The van der Waals surface area contributed by atoms with Crippen molar-refractivity contribution in [2.75, 3.05) is 0 Å². The van der Waals surface area contributed by atoms with Gasteiger partial charge in [0.05, 0.1) is 17.8 Å². The van der Waals surface area contributed by atoms with Crippen molar-refractivity contribution in [2.45, 2.75) is 43.7 Å². The molecule has 0 heterocycles. The van der Waals surface area contributed by atoms with Crippen molar-refractivity contribution in [3.8, 4) is 0 Å². The summed E-state index contributed by atoms with van der Waals surface area (Å²) in [4.78, 5) is 34.3. The van der Waals surface area contributed by atoms with E-state index in [4.69, 9.17) is 14.6 Å². The second kappa shape index (κ2) is 11.8. The zero-order valence-electron chi connectivity index (χ0n) is 17.7. The Kier molecular flexibility index (Phi) is 8.85. The molecule has 0 amide bonds. The van der Waals surface area contributed by atoms with Crippen LogP contribution in [0.2, 0.25) is 0 Å². The monoisotopic (exact) mass is 502 g/mol. The number of hydrogen-bond donors (Lipinski definition) is 1. The normalized spacial score (nSPS) is 23.4. The first-order valence-electron chi connectivity index (χ1n) is 10.7. The van der Waals surface area contributed by atoms with Gasteiger partial charge in [-0.15, -0.1) is 0 Å². The molecule has 0 aromatic heterocycles. The van der Waals surface area contributed by atoms with Crippen LogP contribution in [0.5, 0.6) is 0 Å². The van der Waals surface area contributed by atoms with Crippen molar-refractivity contribution in [2.24, 2.45) is 17.8 Å². The highest BCUT2D eigenvalue weighted by molar-refractivity contribution is 9.09. The number of halogens is 1. The summed E-state index contributed by atoms with van der Waals surface area (Å²) in [6.45, 7) is 0.596. The molecule has 7 heteroatoms. The molecule has 0 bridgehead atoms. The Morgan fingerprint density at radius 2 is 1.16 bits per heavy atom. The number of aliphatic carboxylic acids is 1. The van der Waals surface area contributed by atoms with Crippen LogP contribution in [0.15, 0.2) is 60.7 Å². The number of hydrogen-bond acceptors (Lipinski definition) is 5. The Hall–Kier alpha value is -2.67. The van der Waals surface area contributed by atoms with Gasteiger partial charge in [-0.1, -0.05) is 76.6 Å². The average molecular weight is 503 g/mol. The molecule has 2 aliphatic rings. The van der Waals surface area contributed by atoms with Crippen molar-refractivity contribution >= 4 is 33.8 Å². The van der Waals surface area contributed by atoms with E-state index in [1.165, 1.54) is 0 Å². The predicted molar refractivity (Wildman–Crippen MR) is 122 cm³/mol. The van der Waals surface area contributed by atoms with E-state index in [0.717, 1.165) is 24.0 Å². The third-order valence-corrected chi connectivity index (χ3v) is 6.93. The molecule has 32 heavy (non-hydrogen) atoms. The van der Waals surface area contributed by atoms with Crippen molar-refractivity contribution in [3.63, 3.8) is 0 Å². The third-order valence-electron chi connectivity index (χ3n) is 5.83. The van der Waals surface area contributed by atoms with Crippen LogP contribution in [-0.2, 0) is 37.1 Å². The van der Waals surface area contributed by atoms with Gasteiger partial charge in [0, 0.05) is 4.83 Å². The standard InChI is InChI=1S/C13H14O4.C12H13BrO2/c14-12(15)10-6-7-11(10)13(16)17-8-9-4-2-1-3-5-9;13-11-7-6-10(11)12(14)15-8-9-4-2-1-3-5-9/h1-5,10-11H,6-8H2,(H,14,15);1-5,10-11H,6-8H2/t10-,11+;10-,11?/m10/s1. The first-order chi connectivity index (χ1) is 15.5. The maximum Gasteiger partial charge on any atom is 0.310 e. The van der Waals surface area contributed by atoms with Crippen molar-refractivity contribution < 1.29 is 29.0 Å². The van der Waals surface area contributed by atoms with Crippen LogP contribution in [0.4, 0.5) is 0 Å². The number of ether oxygens (including phenoxy) is 2. The Morgan fingerprint density at radius 1 is 0.719 bits per heavy atom. The molecule has 0 saturated heterocycles. The molecule has 2 aromatic rings. The largest absolute Gasteiger partial charge is 0.481 e. The number of carbonyl (C=O) groups excluding carboxylic acids is 2. The van der Waals surface area contributed by atoms with Crippen LogP contribution in [0, 0.1) is 17.8 Å². The molecular formula is C25H27BrO6. The Balaban J connectivity index is 0.000000182. The van der Waals surface area contributed by atoms with Crippen LogP contribution in [0.25, 0.3) is 0 Å². The van der Waals surface area contributed by atoms with Crippen molar-refractivity contribution in [1.29, 1.82) is 0 Å². The summed E-state index contributed by atoms with van der Waals surface area (Å²) >= 11 is 3.45. The maximum atomic E-state index is 11.6. The summed E-state index contributed by atoms with van der Waals surface area (Å²) in [6, 6.07) is 19.1. The van der Waals surface area contributed by atoms with Crippen LogP contribution in [0.3, 0.4) is 0 Å². The minimum absolute atomic E-state index is 0.0636. The van der Waals surface area contributed by atoms with Crippen LogP contribution in [-0.4, -0.2) is 27.8 Å². The summed E-state index contributed by atoms with van der Waals surface area (Å²) in [6.07, 6.45) is 3.21. The van der Waals surface area contributed by atoms with E-state index in [1.54, 1.807) is 0 Å². The number of esters is 2. The summed E-state index contributed by atoms with van der Waals surface area (Å²) in [5, 5.41) is 8.83. The molecule has 0 aliphatic heterocycles. The zero-order valence-corrected chi connectivity index (χ0v) is 19.3. The van der Waals surface area contributed by atoms with Gasteiger partial charge in [-0.05, 0) is 36.8 Å². The first kappa shape index (κ1) is 24.0.